The van der Waals surface area contributed by atoms with E-state index in [-0.39, 0.29) is 24.0 Å². The number of rotatable bonds is 8. The normalized spacial score (nSPS) is 17.2. The monoisotopic (exact) mass is 488 g/mol. The first kappa shape index (κ1) is 24.0. The lowest BCUT2D eigenvalue weighted by atomic mass is 10.1. The van der Waals surface area contributed by atoms with Gasteiger partial charge in [0, 0.05) is 33.2 Å². The van der Waals surface area contributed by atoms with E-state index in [9.17, 15) is 0 Å². The second-order valence-electron chi connectivity index (χ2n) is 7.11. The minimum Gasteiger partial charge on any atom is -0.496 e. The van der Waals surface area contributed by atoms with Crippen LogP contribution < -0.4 is 10.1 Å². The molecule has 0 bridgehead atoms. The van der Waals surface area contributed by atoms with Gasteiger partial charge in [0.2, 0.25) is 0 Å². The Morgan fingerprint density at radius 3 is 2.70 bits per heavy atom. The van der Waals surface area contributed by atoms with E-state index in [0.29, 0.717) is 0 Å². The van der Waals surface area contributed by atoms with Gasteiger partial charge in [-0.1, -0.05) is 26.0 Å². The molecule has 1 fully saturated rings. The summed E-state index contributed by atoms with van der Waals surface area (Å²) in [6.45, 7) is 13.1. The highest BCUT2D eigenvalue weighted by molar-refractivity contribution is 14.0. The number of likely N-dealkylation sites (tertiary alicyclic amines) is 1. The third-order valence-electron chi connectivity index (χ3n) is 5.38. The van der Waals surface area contributed by atoms with Crippen molar-refractivity contribution in [1.82, 2.24) is 15.1 Å². The highest BCUT2D eigenvalue weighted by Gasteiger charge is 2.25. The predicted molar refractivity (Wildman–Crippen MR) is 126 cm³/mol. The average Bonchev–Trinajstić information content (AvgIpc) is 3.12. The summed E-state index contributed by atoms with van der Waals surface area (Å²) in [5.74, 6) is 2.74. The minimum atomic E-state index is 0. The third kappa shape index (κ3) is 7.14. The number of guanidine groups is 1. The fraction of sp³-hybridized carbons (Fsp3) is 0.667. The van der Waals surface area contributed by atoms with Crippen LogP contribution in [0.1, 0.15) is 31.4 Å². The quantitative estimate of drug-likeness (QED) is 0.346. The molecule has 1 saturated heterocycles. The molecule has 1 atom stereocenters. The van der Waals surface area contributed by atoms with Crippen LogP contribution in [0.15, 0.2) is 23.2 Å². The molecule has 154 valence electrons. The van der Waals surface area contributed by atoms with Gasteiger partial charge in [0.1, 0.15) is 5.75 Å². The number of nitrogens with zero attached hydrogens (tertiary/aromatic N) is 3. The minimum absolute atomic E-state index is 0. The molecule has 1 aromatic rings. The van der Waals surface area contributed by atoms with E-state index in [1.807, 2.05) is 7.05 Å². The van der Waals surface area contributed by atoms with Crippen LogP contribution in [0.25, 0.3) is 0 Å². The molecule has 6 heteroatoms. The summed E-state index contributed by atoms with van der Waals surface area (Å²) in [6.07, 6.45) is 2.22. The van der Waals surface area contributed by atoms with Crippen molar-refractivity contribution >= 4 is 29.9 Å². The van der Waals surface area contributed by atoms with Crippen LogP contribution in [0.3, 0.4) is 0 Å². The molecule has 27 heavy (non-hydrogen) atoms. The molecule has 1 aromatic carbocycles. The van der Waals surface area contributed by atoms with E-state index in [4.69, 9.17) is 4.74 Å². The smallest absolute Gasteiger partial charge is 0.193 e. The Morgan fingerprint density at radius 1 is 1.33 bits per heavy atom. The van der Waals surface area contributed by atoms with Crippen LogP contribution in [0, 0.1) is 12.8 Å². The average molecular weight is 488 g/mol. The highest BCUT2D eigenvalue weighted by Crippen LogP contribution is 2.19. The van der Waals surface area contributed by atoms with Gasteiger partial charge in [-0.25, -0.2) is 0 Å². The molecule has 0 amide bonds. The molecule has 1 heterocycles. The first-order chi connectivity index (χ1) is 12.6. The highest BCUT2D eigenvalue weighted by atomic mass is 127. The number of halogens is 1. The first-order valence-corrected chi connectivity index (χ1v) is 9.92. The molecule has 0 aliphatic carbocycles. The molecule has 0 spiro atoms. The Labute approximate surface area is 182 Å². The SMILES string of the molecule is CCN(CC)CC1CCN(C(=NC)NCCc2ccc(C)c(OC)c2)C1.I. The van der Waals surface area contributed by atoms with E-state index in [1.165, 1.54) is 24.1 Å². The van der Waals surface area contributed by atoms with Gasteiger partial charge < -0.3 is 19.9 Å². The molecule has 1 unspecified atom stereocenters. The fourth-order valence-electron chi connectivity index (χ4n) is 3.69. The summed E-state index contributed by atoms with van der Waals surface area (Å²) in [7, 11) is 3.61. The molecule has 1 aliphatic heterocycles. The van der Waals surface area contributed by atoms with Crippen molar-refractivity contribution in [3.05, 3.63) is 29.3 Å². The standard InChI is InChI=1S/C21H36N4O.HI/c1-6-24(7-2)15-19-11-13-25(16-19)21(22-4)23-12-10-18-9-8-17(3)20(14-18)26-5;/h8-9,14,19H,6-7,10-13,15-16H2,1-5H3,(H,22,23);1H. The lowest BCUT2D eigenvalue weighted by Crippen LogP contribution is -2.41. The van der Waals surface area contributed by atoms with Crippen molar-refractivity contribution in [3.63, 3.8) is 0 Å². The number of nitrogens with one attached hydrogen (secondary N) is 1. The van der Waals surface area contributed by atoms with Gasteiger partial charge in [0.05, 0.1) is 7.11 Å². The molecule has 0 saturated carbocycles. The zero-order chi connectivity index (χ0) is 18.9. The van der Waals surface area contributed by atoms with E-state index < -0.39 is 0 Å². The molecule has 1 N–H and O–H groups in total. The lowest BCUT2D eigenvalue weighted by molar-refractivity contribution is 0.255. The molecule has 5 nitrogen and oxygen atoms in total. The van der Waals surface area contributed by atoms with Crippen LogP contribution >= 0.6 is 24.0 Å². The summed E-state index contributed by atoms with van der Waals surface area (Å²) >= 11 is 0. The summed E-state index contributed by atoms with van der Waals surface area (Å²) in [5, 5.41) is 3.54. The Hall–Kier alpha value is -1.02. The van der Waals surface area contributed by atoms with Crippen molar-refractivity contribution in [2.45, 2.75) is 33.6 Å². The third-order valence-corrected chi connectivity index (χ3v) is 5.38. The zero-order valence-electron chi connectivity index (χ0n) is 17.6. The van der Waals surface area contributed by atoms with Gasteiger partial charge in [-0.05, 0) is 56.0 Å². The summed E-state index contributed by atoms with van der Waals surface area (Å²) in [6, 6.07) is 6.44. The number of benzene rings is 1. The number of hydrogen-bond acceptors (Lipinski definition) is 3. The maximum atomic E-state index is 5.42. The van der Waals surface area contributed by atoms with Crippen molar-refractivity contribution in [3.8, 4) is 5.75 Å². The Morgan fingerprint density at radius 2 is 2.07 bits per heavy atom. The van der Waals surface area contributed by atoms with Crippen LogP contribution in [0.5, 0.6) is 5.75 Å². The van der Waals surface area contributed by atoms with Crippen LogP contribution in [0.4, 0.5) is 0 Å². The first-order valence-electron chi connectivity index (χ1n) is 9.92. The van der Waals surface area contributed by atoms with Crippen LogP contribution in [0.2, 0.25) is 0 Å². The van der Waals surface area contributed by atoms with E-state index in [1.54, 1.807) is 7.11 Å². The van der Waals surface area contributed by atoms with Gasteiger partial charge in [-0.3, -0.25) is 4.99 Å². The van der Waals surface area contributed by atoms with E-state index >= 15 is 0 Å². The fourth-order valence-corrected chi connectivity index (χ4v) is 3.69. The Bertz CT molecular complexity index is 590. The maximum absolute atomic E-state index is 5.42. The van der Waals surface area contributed by atoms with Crippen molar-refractivity contribution in [2.24, 2.45) is 10.9 Å². The largest absolute Gasteiger partial charge is 0.496 e. The molecule has 0 radical (unpaired) electrons. The molecule has 0 aromatic heterocycles. The Kier molecular flexibility index (Phi) is 11.1. The maximum Gasteiger partial charge on any atom is 0.193 e. The lowest BCUT2D eigenvalue weighted by Gasteiger charge is -2.24. The van der Waals surface area contributed by atoms with E-state index in [0.717, 1.165) is 56.8 Å². The van der Waals surface area contributed by atoms with E-state index in [2.05, 4.69) is 59.1 Å². The van der Waals surface area contributed by atoms with Crippen molar-refractivity contribution < 1.29 is 4.74 Å². The van der Waals surface area contributed by atoms with Crippen LogP contribution in [-0.4, -0.2) is 69.2 Å². The molecule has 1 aliphatic rings. The molecular weight excluding hydrogens is 451 g/mol. The number of hydrogen-bond donors (Lipinski definition) is 1. The van der Waals surface area contributed by atoms with Gasteiger partial charge >= 0.3 is 0 Å². The number of aliphatic imine (C=N–C) groups is 1. The topological polar surface area (TPSA) is 40.1 Å². The second-order valence-corrected chi connectivity index (χ2v) is 7.11. The number of methoxy groups -OCH3 is 1. The van der Waals surface area contributed by atoms with Gasteiger partial charge in [-0.15, -0.1) is 24.0 Å². The number of ether oxygens (including phenoxy) is 1. The van der Waals surface area contributed by atoms with Crippen molar-refractivity contribution in [2.75, 3.05) is 53.4 Å². The zero-order valence-corrected chi connectivity index (χ0v) is 20.0. The van der Waals surface area contributed by atoms with Gasteiger partial charge in [0.15, 0.2) is 5.96 Å². The van der Waals surface area contributed by atoms with Gasteiger partial charge in [0.25, 0.3) is 0 Å². The van der Waals surface area contributed by atoms with Gasteiger partial charge in [-0.2, -0.15) is 0 Å². The summed E-state index contributed by atoms with van der Waals surface area (Å²) < 4.78 is 5.42. The Balaban J connectivity index is 0.00000364. The molecular formula is C21H37IN4O. The molecule has 2 rings (SSSR count). The van der Waals surface area contributed by atoms with Crippen LogP contribution in [-0.2, 0) is 6.42 Å². The predicted octanol–water partition coefficient (Wildman–Crippen LogP) is 3.40. The summed E-state index contributed by atoms with van der Waals surface area (Å²) in [5.41, 5.74) is 2.47. The number of aryl methyl sites for hydroxylation is 1. The van der Waals surface area contributed by atoms with Crippen molar-refractivity contribution in [1.29, 1.82) is 0 Å². The second kappa shape index (κ2) is 12.4. The summed E-state index contributed by atoms with van der Waals surface area (Å²) in [4.78, 5) is 9.43.